The average molecular weight is 171 g/mol. The lowest BCUT2D eigenvalue weighted by molar-refractivity contribution is -0.139. The first-order chi connectivity index (χ1) is 5.72. The molecule has 0 spiro atoms. The van der Waals surface area contributed by atoms with Gasteiger partial charge in [-0.1, -0.05) is 6.92 Å². The van der Waals surface area contributed by atoms with Crippen LogP contribution in [0.1, 0.15) is 26.2 Å². The van der Waals surface area contributed by atoms with Crippen LogP contribution >= 0.6 is 0 Å². The van der Waals surface area contributed by atoms with Crippen LogP contribution in [0.15, 0.2) is 0 Å². The third-order valence-electron chi connectivity index (χ3n) is 2.70. The van der Waals surface area contributed by atoms with Crippen molar-refractivity contribution in [3.63, 3.8) is 0 Å². The average Bonchev–Trinajstić information content (AvgIpc) is 2.85. The molecule has 70 valence electrons. The van der Waals surface area contributed by atoms with Gasteiger partial charge in [-0.25, -0.2) is 0 Å². The molecule has 0 heterocycles. The van der Waals surface area contributed by atoms with Gasteiger partial charge in [-0.3, -0.25) is 4.79 Å². The van der Waals surface area contributed by atoms with Crippen molar-refractivity contribution in [1.82, 2.24) is 5.32 Å². The summed E-state index contributed by atoms with van der Waals surface area (Å²) in [7, 11) is 1.41. The summed E-state index contributed by atoms with van der Waals surface area (Å²) in [4.78, 5) is 10.7. The van der Waals surface area contributed by atoms with E-state index >= 15 is 0 Å². The van der Waals surface area contributed by atoms with Gasteiger partial charge in [-0.05, 0) is 24.7 Å². The van der Waals surface area contributed by atoms with Crippen LogP contribution in [0.3, 0.4) is 0 Å². The first-order valence-electron chi connectivity index (χ1n) is 4.50. The van der Waals surface area contributed by atoms with Crippen LogP contribution in [0.4, 0.5) is 0 Å². The molecule has 1 aliphatic rings. The van der Waals surface area contributed by atoms with E-state index < -0.39 is 0 Å². The zero-order valence-corrected chi connectivity index (χ0v) is 7.85. The van der Waals surface area contributed by atoms with Crippen LogP contribution in [0, 0.1) is 5.41 Å². The van der Waals surface area contributed by atoms with E-state index in [0.717, 1.165) is 6.54 Å². The zero-order valence-electron chi connectivity index (χ0n) is 7.85. The summed E-state index contributed by atoms with van der Waals surface area (Å²) in [5.74, 6) is -0.179. The molecule has 0 unspecified atom stereocenters. The highest BCUT2D eigenvalue weighted by Crippen LogP contribution is 2.47. The molecule has 12 heavy (non-hydrogen) atoms. The maximum absolute atomic E-state index is 10.7. The molecule has 1 rings (SSSR count). The van der Waals surface area contributed by atoms with Gasteiger partial charge in [0.15, 0.2) is 0 Å². The van der Waals surface area contributed by atoms with Crippen LogP contribution in [-0.2, 0) is 9.53 Å². The van der Waals surface area contributed by atoms with Crippen LogP contribution in [-0.4, -0.2) is 26.2 Å². The summed E-state index contributed by atoms with van der Waals surface area (Å²) in [5.41, 5.74) is 0.508. The summed E-state index contributed by atoms with van der Waals surface area (Å²) in [6.07, 6.45) is 3.82. The first kappa shape index (κ1) is 9.52. The number of ether oxygens (including phenoxy) is 1. The van der Waals surface area contributed by atoms with E-state index in [-0.39, 0.29) is 5.97 Å². The van der Waals surface area contributed by atoms with Crippen molar-refractivity contribution in [2.24, 2.45) is 5.41 Å². The van der Waals surface area contributed by atoms with Gasteiger partial charge in [0.05, 0.1) is 13.7 Å². The van der Waals surface area contributed by atoms with Gasteiger partial charge in [-0.2, -0.15) is 0 Å². The van der Waals surface area contributed by atoms with Crippen LogP contribution in [0.25, 0.3) is 0 Å². The van der Waals surface area contributed by atoms with Gasteiger partial charge in [0.1, 0.15) is 0 Å². The van der Waals surface area contributed by atoms with E-state index in [0.29, 0.717) is 12.0 Å². The van der Waals surface area contributed by atoms with Crippen molar-refractivity contribution in [3.05, 3.63) is 0 Å². The van der Waals surface area contributed by atoms with E-state index in [2.05, 4.69) is 17.0 Å². The van der Waals surface area contributed by atoms with E-state index in [1.165, 1.54) is 26.4 Å². The molecule has 0 atom stereocenters. The van der Waals surface area contributed by atoms with Gasteiger partial charge in [0, 0.05) is 6.54 Å². The third kappa shape index (κ3) is 2.48. The first-order valence-corrected chi connectivity index (χ1v) is 4.50. The minimum Gasteiger partial charge on any atom is -0.468 e. The quantitative estimate of drug-likeness (QED) is 0.626. The van der Waals surface area contributed by atoms with E-state index in [9.17, 15) is 4.79 Å². The van der Waals surface area contributed by atoms with Gasteiger partial charge < -0.3 is 10.1 Å². The molecule has 0 aromatic heterocycles. The largest absolute Gasteiger partial charge is 0.468 e. The lowest BCUT2D eigenvalue weighted by Gasteiger charge is -2.12. The van der Waals surface area contributed by atoms with Crippen molar-refractivity contribution >= 4 is 5.97 Å². The van der Waals surface area contributed by atoms with Crippen LogP contribution in [0.5, 0.6) is 0 Å². The molecular weight excluding hydrogens is 154 g/mol. The maximum Gasteiger partial charge on any atom is 0.319 e. The molecule has 1 fully saturated rings. The number of hydrogen-bond donors (Lipinski definition) is 1. The summed E-state index contributed by atoms with van der Waals surface area (Å²) < 4.78 is 4.52. The summed E-state index contributed by atoms with van der Waals surface area (Å²) in [5, 5.41) is 3.12. The number of carbonyl (C=O) groups excluding carboxylic acids is 1. The second-order valence-electron chi connectivity index (χ2n) is 3.53. The smallest absolute Gasteiger partial charge is 0.319 e. The molecule has 0 aromatic carbocycles. The number of rotatable bonds is 5. The van der Waals surface area contributed by atoms with E-state index in [1.54, 1.807) is 0 Å². The summed E-state index contributed by atoms with van der Waals surface area (Å²) in [6, 6.07) is 0. The Labute approximate surface area is 73.5 Å². The predicted octanol–water partition coefficient (Wildman–Crippen LogP) is 0.939. The highest BCUT2D eigenvalue weighted by atomic mass is 16.5. The number of methoxy groups -OCH3 is 1. The Balaban J connectivity index is 2.06. The maximum atomic E-state index is 10.7. The molecule has 3 nitrogen and oxygen atoms in total. The zero-order chi connectivity index (χ0) is 9.03. The molecule has 0 amide bonds. The van der Waals surface area contributed by atoms with Crippen molar-refractivity contribution in [3.8, 4) is 0 Å². The van der Waals surface area contributed by atoms with Gasteiger partial charge >= 0.3 is 5.97 Å². The van der Waals surface area contributed by atoms with Gasteiger partial charge in [-0.15, -0.1) is 0 Å². The second kappa shape index (κ2) is 3.90. The Morgan fingerprint density at radius 3 is 2.67 bits per heavy atom. The fraction of sp³-hybridized carbons (Fsp3) is 0.889. The standard InChI is InChI=1S/C9H17NO2/c1-3-9(4-5-9)7-10-6-8(11)12-2/h10H,3-7H2,1-2H3. The Kier molecular flexibility index (Phi) is 3.09. The van der Waals surface area contributed by atoms with Crippen molar-refractivity contribution in [2.75, 3.05) is 20.2 Å². The molecule has 1 aliphatic carbocycles. The summed E-state index contributed by atoms with van der Waals surface area (Å²) in [6.45, 7) is 3.50. The van der Waals surface area contributed by atoms with Gasteiger partial charge in [0.2, 0.25) is 0 Å². The minimum atomic E-state index is -0.179. The van der Waals surface area contributed by atoms with Crippen LogP contribution < -0.4 is 5.32 Å². The Bertz CT molecular complexity index is 164. The molecule has 1 saturated carbocycles. The number of carbonyl (C=O) groups is 1. The van der Waals surface area contributed by atoms with E-state index in [1.807, 2.05) is 0 Å². The van der Waals surface area contributed by atoms with E-state index in [4.69, 9.17) is 0 Å². The highest BCUT2D eigenvalue weighted by molar-refractivity contribution is 5.71. The van der Waals surface area contributed by atoms with Crippen molar-refractivity contribution in [2.45, 2.75) is 26.2 Å². The molecule has 0 aromatic rings. The molecular formula is C9H17NO2. The lowest BCUT2D eigenvalue weighted by atomic mass is 10.0. The fourth-order valence-electron chi connectivity index (χ4n) is 1.33. The Morgan fingerprint density at radius 2 is 2.25 bits per heavy atom. The number of esters is 1. The minimum absolute atomic E-state index is 0.179. The molecule has 3 heteroatoms. The third-order valence-corrected chi connectivity index (χ3v) is 2.70. The Hall–Kier alpha value is -0.570. The normalized spacial score (nSPS) is 18.8. The molecule has 1 N–H and O–H groups in total. The van der Waals surface area contributed by atoms with Crippen LogP contribution in [0.2, 0.25) is 0 Å². The molecule has 0 bridgehead atoms. The Morgan fingerprint density at radius 1 is 1.58 bits per heavy atom. The van der Waals surface area contributed by atoms with Crippen molar-refractivity contribution < 1.29 is 9.53 Å². The molecule has 0 saturated heterocycles. The fourth-order valence-corrected chi connectivity index (χ4v) is 1.33. The SMILES string of the molecule is CCC1(CNCC(=O)OC)CC1. The topological polar surface area (TPSA) is 38.3 Å². The molecule has 0 radical (unpaired) electrons. The summed E-state index contributed by atoms with van der Waals surface area (Å²) >= 11 is 0. The predicted molar refractivity (Wildman–Crippen MR) is 46.8 cm³/mol. The monoisotopic (exact) mass is 171 g/mol. The number of nitrogens with one attached hydrogen (secondary N) is 1. The lowest BCUT2D eigenvalue weighted by Crippen LogP contribution is -2.29. The molecule has 0 aliphatic heterocycles. The number of hydrogen-bond acceptors (Lipinski definition) is 3. The second-order valence-corrected chi connectivity index (χ2v) is 3.53. The van der Waals surface area contributed by atoms with Gasteiger partial charge in [0.25, 0.3) is 0 Å². The van der Waals surface area contributed by atoms with Crippen molar-refractivity contribution in [1.29, 1.82) is 0 Å². The highest BCUT2D eigenvalue weighted by Gasteiger charge is 2.39.